The van der Waals surface area contributed by atoms with Crippen LogP contribution in [-0.4, -0.2) is 5.11 Å². The third kappa shape index (κ3) is 2.48. The van der Waals surface area contributed by atoms with Crippen LogP contribution in [-0.2, 0) is 0 Å². The van der Waals surface area contributed by atoms with Gasteiger partial charge in [0.25, 0.3) is 0 Å². The minimum atomic E-state index is 0.273. The van der Waals surface area contributed by atoms with Gasteiger partial charge in [-0.2, -0.15) is 0 Å². The van der Waals surface area contributed by atoms with Gasteiger partial charge in [-0.1, -0.05) is 17.7 Å². The van der Waals surface area contributed by atoms with E-state index in [0.29, 0.717) is 5.75 Å². The molecule has 2 rings (SSSR count). The molecule has 2 aromatic rings. The lowest BCUT2D eigenvalue weighted by molar-refractivity contribution is 0.446. The molecular weight excluding hydrogens is 224 g/mol. The summed E-state index contributed by atoms with van der Waals surface area (Å²) >= 11 is 0. The van der Waals surface area contributed by atoms with Crippen LogP contribution < -0.4 is 4.74 Å². The molecule has 0 atom stereocenters. The molecule has 2 aromatic carbocycles. The SMILES string of the molecule is Cc1ccc(Oc2cc(C)cc(O)c2C)c(C)c1. The maximum absolute atomic E-state index is 9.79. The predicted molar refractivity (Wildman–Crippen MR) is 73.6 cm³/mol. The molecule has 0 aliphatic carbocycles. The van der Waals surface area contributed by atoms with Gasteiger partial charge in [0.05, 0.1) is 0 Å². The Morgan fingerprint density at radius 1 is 0.833 bits per heavy atom. The molecule has 94 valence electrons. The van der Waals surface area contributed by atoms with Crippen molar-refractivity contribution in [1.29, 1.82) is 0 Å². The van der Waals surface area contributed by atoms with Crippen LogP contribution in [0.1, 0.15) is 22.3 Å². The largest absolute Gasteiger partial charge is 0.508 e. The highest BCUT2D eigenvalue weighted by molar-refractivity contribution is 5.49. The average molecular weight is 242 g/mol. The van der Waals surface area contributed by atoms with Crippen molar-refractivity contribution in [2.45, 2.75) is 27.7 Å². The van der Waals surface area contributed by atoms with Crippen molar-refractivity contribution in [3.63, 3.8) is 0 Å². The summed E-state index contributed by atoms with van der Waals surface area (Å²) < 4.78 is 5.90. The number of phenolic OH excluding ortho intramolecular Hbond substituents is 1. The molecule has 0 saturated carbocycles. The van der Waals surface area contributed by atoms with Gasteiger partial charge in [0.2, 0.25) is 0 Å². The molecule has 0 heterocycles. The van der Waals surface area contributed by atoms with Gasteiger partial charge < -0.3 is 9.84 Å². The Morgan fingerprint density at radius 2 is 1.56 bits per heavy atom. The Morgan fingerprint density at radius 3 is 2.22 bits per heavy atom. The highest BCUT2D eigenvalue weighted by atomic mass is 16.5. The maximum atomic E-state index is 9.79. The summed E-state index contributed by atoms with van der Waals surface area (Å²) in [4.78, 5) is 0. The minimum Gasteiger partial charge on any atom is -0.508 e. The molecule has 18 heavy (non-hydrogen) atoms. The molecular formula is C16H18O2. The quantitative estimate of drug-likeness (QED) is 0.844. The van der Waals surface area contributed by atoms with E-state index in [9.17, 15) is 5.11 Å². The molecule has 0 bridgehead atoms. The summed E-state index contributed by atoms with van der Waals surface area (Å²) in [5, 5.41) is 9.79. The monoisotopic (exact) mass is 242 g/mol. The molecule has 1 N–H and O–H groups in total. The lowest BCUT2D eigenvalue weighted by Gasteiger charge is -2.13. The first kappa shape index (κ1) is 12.5. The van der Waals surface area contributed by atoms with E-state index >= 15 is 0 Å². The second-order valence-electron chi connectivity index (χ2n) is 4.78. The first-order chi connectivity index (χ1) is 8.47. The number of benzene rings is 2. The molecule has 0 aliphatic rings. The van der Waals surface area contributed by atoms with Crippen molar-refractivity contribution in [1.82, 2.24) is 0 Å². The zero-order valence-corrected chi connectivity index (χ0v) is 11.2. The van der Waals surface area contributed by atoms with Crippen molar-refractivity contribution in [2.75, 3.05) is 0 Å². The van der Waals surface area contributed by atoms with Gasteiger partial charge in [0.1, 0.15) is 17.2 Å². The zero-order chi connectivity index (χ0) is 13.3. The molecule has 0 unspecified atom stereocenters. The summed E-state index contributed by atoms with van der Waals surface area (Å²) in [6.45, 7) is 7.87. The minimum absolute atomic E-state index is 0.273. The van der Waals surface area contributed by atoms with Crippen LogP contribution in [0.15, 0.2) is 30.3 Å². The van der Waals surface area contributed by atoms with Crippen molar-refractivity contribution in [3.05, 3.63) is 52.6 Å². The van der Waals surface area contributed by atoms with Gasteiger partial charge >= 0.3 is 0 Å². The lowest BCUT2D eigenvalue weighted by Crippen LogP contribution is -1.92. The van der Waals surface area contributed by atoms with Gasteiger partial charge in [0.15, 0.2) is 0 Å². The van der Waals surface area contributed by atoms with Gasteiger partial charge in [-0.25, -0.2) is 0 Å². The Balaban J connectivity index is 2.40. The van der Waals surface area contributed by atoms with E-state index in [1.807, 2.05) is 39.0 Å². The predicted octanol–water partition coefficient (Wildman–Crippen LogP) is 4.42. The molecule has 0 spiro atoms. The summed E-state index contributed by atoms with van der Waals surface area (Å²) in [6, 6.07) is 9.75. The molecule has 0 amide bonds. The van der Waals surface area contributed by atoms with Gasteiger partial charge in [0, 0.05) is 5.56 Å². The third-order valence-corrected chi connectivity index (χ3v) is 3.03. The normalized spacial score (nSPS) is 10.4. The Kier molecular flexibility index (Phi) is 3.28. The smallest absolute Gasteiger partial charge is 0.134 e. The summed E-state index contributed by atoms with van der Waals surface area (Å²) in [5.74, 6) is 1.81. The molecule has 0 aromatic heterocycles. The Hall–Kier alpha value is -1.96. The van der Waals surface area contributed by atoms with Crippen molar-refractivity contribution >= 4 is 0 Å². The first-order valence-corrected chi connectivity index (χ1v) is 6.02. The number of ether oxygens (including phenoxy) is 1. The summed E-state index contributed by atoms with van der Waals surface area (Å²) in [5.41, 5.74) is 4.05. The van der Waals surface area contributed by atoms with E-state index in [0.717, 1.165) is 22.4 Å². The van der Waals surface area contributed by atoms with Crippen LogP contribution in [0.25, 0.3) is 0 Å². The van der Waals surface area contributed by atoms with Crippen LogP contribution in [0, 0.1) is 27.7 Å². The fourth-order valence-electron chi connectivity index (χ4n) is 1.95. The van der Waals surface area contributed by atoms with Crippen LogP contribution in [0.3, 0.4) is 0 Å². The highest BCUT2D eigenvalue weighted by Crippen LogP contribution is 2.33. The van der Waals surface area contributed by atoms with E-state index in [1.165, 1.54) is 5.56 Å². The Bertz CT molecular complexity index is 586. The fraction of sp³-hybridized carbons (Fsp3) is 0.250. The van der Waals surface area contributed by atoms with Crippen molar-refractivity contribution < 1.29 is 9.84 Å². The van der Waals surface area contributed by atoms with E-state index in [-0.39, 0.29) is 5.75 Å². The van der Waals surface area contributed by atoms with Crippen LogP contribution in [0.5, 0.6) is 17.2 Å². The molecule has 0 radical (unpaired) electrons. The molecule has 0 fully saturated rings. The molecule has 0 saturated heterocycles. The lowest BCUT2D eigenvalue weighted by atomic mass is 10.1. The molecule has 2 nitrogen and oxygen atoms in total. The van der Waals surface area contributed by atoms with Gasteiger partial charge in [-0.05, 0) is 57.0 Å². The summed E-state index contributed by atoms with van der Waals surface area (Å²) in [6.07, 6.45) is 0. The number of aromatic hydroxyl groups is 1. The average Bonchev–Trinajstić information content (AvgIpc) is 2.29. The Labute approximate surface area is 108 Å². The molecule has 0 aliphatic heterocycles. The maximum Gasteiger partial charge on any atom is 0.134 e. The van der Waals surface area contributed by atoms with Crippen LogP contribution in [0.2, 0.25) is 0 Å². The van der Waals surface area contributed by atoms with Crippen molar-refractivity contribution in [2.24, 2.45) is 0 Å². The second-order valence-corrected chi connectivity index (χ2v) is 4.78. The number of aryl methyl sites for hydroxylation is 3. The number of phenols is 1. The third-order valence-electron chi connectivity index (χ3n) is 3.03. The van der Waals surface area contributed by atoms with E-state index in [4.69, 9.17) is 4.74 Å². The standard InChI is InChI=1S/C16H18O2/c1-10-5-6-15(12(3)7-10)18-16-9-11(2)8-14(17)13(16)4/h5-9,17H,1-4H3. The molecule has 2 heteroatoms. The van der Waals surface area contributed by atoms with E-state index in [2.05, 4.69) is 13.0 Å². The summed E-state index contributed by atoms with van der Waals surface area (Å²) in [7, 11) is 0. The fourth-order valence-corrected chi connectivity index (χ4v) is 1.95. The van der Waals surface area contributed by atoms with Gasteiger partial charge in [-0.15, -0.1) is 0 Å². The highest BCUT2D eigenvalue weighted by Gasteiger charge is 2.08. The van der Waals surface area contributed by atoms with Crippen LogP contribution in [0.4, 0.5) is 0 Å². The number of hydrogen-bond acceptors (Lipinski definition) is 2. The van der Waals surface area contributed by atoms with Gasteiger partial charge in [-0.3, -0.25) is 0 Å². The van der Waals surface area contributed by atoms with Crippen molar-refractivity contribution in [3.8, 4) is 17.2 Å². The van der Waals surface area contributed by atoms with E-state index in [1.54, 1.807) is 6.07 Å². The zero-order valence-electron chi connectivity index (χ0n) is 11.2. The van der Waals surface area contributed by atoms with E-state index < -0.39 is 0 Å². The first-order valence-electron chi connectivity index (χ1n) is 6.02. The number of rotatable bonds is 2. The second kappa shape index (κ2) is 4.73. The van der Waals surface area contributed by atoms with Crippen LogP contribution >= 0.6 is 0 Å². The topological polar surface area (TPSA) is 29.5 Å². The number of hydrogen-bond donors (Lipinski definition) is 1.